The number of hydrogen-bond donors (Lipinski definition) is 1. The lowest BCUT2D eigenvalue weighted by molar-refractivity contribution is 0.415. The Morgan fingerprint density at radius 3 is 2.32 bits per heavy atom. The van der Waals surface area contributed by atoms with Gasteiger partial charge in [0, 0.05) is 34.6 Å². The summed E-state index contributed by atoms with van der Waals surface area (Å²) in [5.41, 5.74) is 10.5. The van der Waals surface area contributed by atoms with Gasteiger partial charge in [0.1, 0.15) is 16.4 Å². The Hall–Kier alpha value is -3.54. The number of aromatic nitrogens is 2. The Bertz CT molecular complexity index is 1600. The number of methoxy groups -OCH3 is 1. The summed E-state index contributed by atoms with van der Waals surface area (Å²) in [5.74, 6) is 0.841. The van der Waals surface area contributed by atoms with Gasteiger partial charge in [0.05, 0.1) is 18.5 Å². The largest absolute Gasteiger partial charge is 0.497 e. The number of aryl methyl sites for hydroxylation is 3. The summed E-state index contributed by atoms with van der Waals surface area (Å²) < 4.78 is 10.2. The zero-order valence-electron chi connectivity index (χ0n) is 20.9. The summed E-state index contributed by atoms with van der Waals surface area (Å²) in [4.78, 5) is 0.683. The molecule has 3 aromatic carbocycles. The van der Waals surface area contributed by atoms with Gasteiger partial charge in [-0.15, -0.1) is 0 Å². The molecule has 0 radical (unpaired) electrons. The molecular weight excluding hydrogens is 498 g/mol. The summed E-state index contributed by atoms with van der Waals surface area (Å²) in [7, 11) is 1.70. The number of benzene rings is 3. The van der Waals surface area contributed by atoms with Gasteiger partial charge in [-0.1, -0.05) is 65.8 Å². The molecule has 0 atom stereocenters. The fourth-order valence-electron chi connectivity index (χ4n) is 5.36. The van der Waals surface area contributed by atoms with Crippen LogP contribution in [0.1, 0.15) is 29.7 Å². The van der Waals surface area contributed by atoms with Crippen LogP contribution in [-0.2, 0) is 13.0 Å². The number of nitrogens with one attached hydrogen (secondary N) is 1. The van der Waals surface area contributed by atoms with E-state index in [1.807, 2.05) is 36.4 Å². The maximum atomic E-state index is 6.13. The minimum Gasteiger partial charge on any atom is -0.497 e. The quantitative estimate of drug-likeness (QED) is 0.235. The van der Waals surface area contributed by atoms with Gasteiger partial charge in [0.25, 0.3) is 0 Å². The Kier molecular flexibility index (Phi) is 6.27. The van der Waals surface area contributed by atoms with Crippen molar-refractivity contribution in [1.82, 2.24) is 8.97 Å². The molecule has 0 spiro atoms. The predicted molar refractivity (Wildman–Crippen MR) is 157 cm³/mol. The average molecular weight is 526 g/mol. The number of ether oxygens (including phenoxy) is 1. The first-order valence-corrected chi connectivity index (χ1v) is 13.4. The molecule has 6 heteroatoms. The molecule has 5 aromatic rings. The summed E-state index contributed by atoms with van der Waals surface area (Å²) in [6.45, 7) is 3.11. The summed E-state index contributed by atoms with van der Waals surface area (Å²) in [5, 5.41) is 4.18. The van der Waals surface area contributed by atoms with Crippen molar-refractivity contribution in [2.24, 2.45) is 0 Å². The van der Waals surface area contributed by atoms with Crippen LogP contribution in [0.5, 0.6) is 5.75 Å². The molecule has 1 aliphatic heterocycles. The highest BCUT2D eigenvalue weighted by atomic mass is 35.5. The van der Waals surface area contributed by atoms with Crippen LogP contribution in [0.2, 0.25) is 5.02 Å². The smallest absolute Gasteiger partial charge is 0.128 e. The van der Waals surface area contributed by atoms with Crippen molar-refractivity contribution in [2.45, 2.75) is 32.7 Å². The van der Waals surface area contributed by atoms with Gasteiger partial charge in [-0.2, -0.15) is 0 Å². The van der Waals surface area contributed by atoms with Crippen LogP contribution in [0.25, 0.3) is 28.0 Å². The maximum absolute atomic E-state index is 6.13. The number of hydrogen-bond acceptors (Lipinski definition) is 2. The van der Waals surface area contributed by atoms with Gasteiger partial charge in [-0.05, 0) is 73.7 Å². The molecule has 6 rings (SSSR count). The van der Waals surface area contributed by atoms with Gasteiger partial charge in [-0.3, -0.25) is 4.40 Å². The third-order valence-electron chi connectivity index (χ3n) is 7.18. The molecule has 186 valence electrons. The molecule has 4 nitrogen and oxygen atoms in total. The number of rotatable bonds is 5. The van der Waals surface area contributed by atoms with Crippen LogP contribution < -0.4 is 10.1 Å². The molecule has 1 N–H and O–H groups in total. The molecule has 37 heavy (non-hydrogen) atoms. The van der Waals surface area contributed by atoms with E-state index in [-0.39, 0.29) is 0 Å². The van der Waals surface area contributed by atoms with E-state index in [1.165, 1.54) is 33.6 Å². The van der Waals surface area contributed by atoms with E-state index in [0.717, 1.165) is 48.5 Å². The van der Waals surface area contributed by atoms with E-state index in [4.69, 9.17) is 28.6 Å². The maximum Gasteiger partial charge on any atom is 0.128 e. The number of anilines is 1. The van der Waals surface area contributed by atoms with E-state index in [1.54, 1.807) is 7.11 Å². The lowest BCUT2D eigenvalue weighted by Crippen LogP contribution is -2.14. The van der Waals surface area contributed by atoms with Crippen molar-refractivity contribution in [2.75, 3.05) is 12.4 Å². The molecule has 0 fully saturated rings. The highest BCUT2D eigenvalue weighted by molar-refractivity contribution is 7.81. The second-order valence-corrected chi connectivity index (χ2v) is 10.4. The zero-order chi connectivity index (χ0) is 25.5. The predicted octanol–water partition coefficient (Wildman–Crippen LogP) is 8.17. The van der Waals surface area contributed by atoms with Gasteiger partial charge in [-0.25, -0.2) is 0 Å². The lowest BCUT2D eigenvalue weighted by atomic mass is 9.97. The molecule has 0 saturated heterocycles. The van der Waals surface area contributed by atoms with Gasteiger partial charge < -0.3 is 14.6 Å². The van der Waals surface area contributed by atoms with Gasteiger partial charge >= 0.3 is 0 Å². The van der Waals surface area contributed by atoms with Crippen molar-refractivity contribution in [3.05, 3.63) is 101 Å². The standard InChI is InChI=1S/C31H28ClN3OS/c1-20-6-8-21(9-7-20)27-19-35-29(30(37)33-24-14-12-23(32)13-15-24)28(22-10-16-25(36-2)17-11-22)26-5-3-4-18-34(27)31(26)35/h6-17,19H,3-5,18H2,1-2H3,(H,33,37). The first kappa shape index (κ1) is 23.8. The second kappa shape index (κ2) is 9.73. The molecule has 0 unspecified atom stereocenters. The average Bonchev–Trinajstić information content (AvgIpc) is 3.33. The minimum absolute atomic E-state index is 0.683. The van der Waals surface area contributed by atoms with Crippen molar-refractivity contribution < 1.29 is 4.74 Å². The van der Waals surface area contributed by atoms with Crippen molar-refractivity contribution >= 4 is 40.1 Å². The molecular formula is C31H28ClN3OS. The summed E-state index contributed by atoms with van der Waals surface area (Å²) in [6.07, 6.45) is 5.54. The van der Waals surface area contributed by atoms with E-state index in [9.17, 15) is 0 Å². The SMILES string of the molecule is COc1ccc(-c2c3c4n(c(-c5ccc(C)cc5)cn4c2C(=S)Nc2ccc(Cl)cc2)CCCC3)cc1. The van der Waals surface area contributed by atoms with Gasteiger partial charge in [0.15, 0.2) is 0 Å². The highest BCUT2D eigenvalue weighted by Gasteiger charge is 2.28. The van der Waals surface area contributed by atoms with E-state index in [2.05, 4.69) is 63.8 Å². The van der Waals surface area contributed by atoms with Crippen molar-refractivity contribution in [3.63, 3.8) is 0 Å². The van der Waals surface area contributed by atoms with Crippen molar-refractivity contribution in [3.8, 4) is 28.1 Å². The van der Waals surface area contributed by atoms with Crippen LogP contribution in [0, 0.1) is 6.92 Å². The third kappa shape index (κ3) is 4.32. The van der Waals surface area contributed by atoms with Gasteiger partial charge in [0.2, 0.25) is 0 Å². The molecule has 0 saturated carbocycles. The molecule has 0 bridgehead atoms. The molecule has 2 aromatic heterocycles. The first-order valence-electron chi connectivity index (χ1n) is 12.6. The highest BCUT2D eigenvalue weighted by Crippen LogP contribution is 2.40. The Balaban J connectivity index is 1.59. The topological polar surface area (TPSA) is 30.6 Å². The van der Waals surface area contributed by atoms with Crippen LogP contribution >= 0.6 is 23.8 Å². The lowest BCUT2D eigenvalue weighted by Gasteiger charge is -2.13. The normalized spacial score (nSPS) is 12.9. The Morgan fingerprint density at radius 1 is 0.919 bits per heavy atom. The Morgan fingerprint density at radius 2 is 1.62 bits per heavy atom. The monoisotopic (exact) mass is 525 g/mol. The van der Waals surface area contributed by atoms with E-state index in [0.29, 0.717) is 10.0 Å². The molecule has 1 aliphatic rings. The number of halogens is 1. The number of imidazole rings is 1. The second-order valence-electron chi connectivity index (χ2n) is 9.57. The first-order chi connectivity index (χ1) is 18.0. The van der Waals surface area contributed by atoms with E-state index >= 15 is 0 Å². The number of thiocarbonyl (C=S) groups is 1. The summed E-state index contributed by atoms with van der Waals surface area (Å²) >= 11 is 12.2. The molecule has 3 heterocycles. The van der Waals surface area contributed by atoms with Crippen molar-refractivity contribution in [1.29, 1.82) is 0 Å². The Labute approximate surface area is 227 Å². The fourth-order valence-corrected chi connectivity index (χ4v) is 5.80. The molecule has 0 aliphatic carbocycles. The van der Waals surface area contributed by atoms with Crippen LogP contribution in [0.15, 0.2) is 79.0 Å². The van der Waals surface area contributed by atoms with Crippen LogP contribution in [0.3, 0.4) is 0 Å². The number of nitrogens with zero attached hydrogens (tertiary/aromatic N) is 2. The van der Waals surface area contributed by atoms with Crippen LogP contribution in [-0.4, -0.2) is 21.1 Å². The third-order valence-corrected chi connectivity index (χ3v) is 7.72. The summed E-state index contributed by atoms with van der Waals surface area (Å²) in [6, 6.07) is 24.8. The fraction of sp³-hybridized carbons (Fsp3) is 0.194. The molecule has 0 amide bonds. The zero-order valence-corrected chi connectivity index (χ0v) is 22.5. The van der Waals surface area contributed by atoms with E-state index < -0.39 is 0 Å². The minimum atomic E-state index is 0.683. The van der Waals surface area contributed by atoms with Crippen LogP contribution in [0.4, 0.5) is 5.69 Å².